The lowest BCUT2D eigenvalue weighted by Crippen LogP contribution is -2.48. The van der Waals surface area contributed by atoms with Gasteiger partial charge in [0.1, 0.15) is 0 Å². The van der Waals surface area contributed by atoms with E-state index >= 15 is 0 Å². The van der Waals surface area contributed by atoms with E-state index in [2.05, 4.69) is 11.0 Å². The zero-order valence-corrected chi connectivity index (χ0v) is 11.5. The molecule has 4 heteroatoms. The first-order valence-corrected chi connectivity index (χ1v) is 7.28. The molecule has 4 nitrogen and oxygen atoms in total. The molecule has 1 N–H and O–H groups in total. The Morgan fingerprint density at radius 1 is 1.35 bits per heavy atom. The zero-order chi connectivity index (χ0) is 13.9. The van der Waals surface area contributed by atoms with E-state index in [1.54, 1.807) is 12.1 Å². The number of rotatable bonds is 4. The van der Waals surface area contributed by atoms with Gasteiger partial charge in [-0.1, -0.05) is 12.1 Å². The Morgan fingerprint density at radius 3 is 2.75 bits per heavy atom. The number of aliphatic hydroxyl groups excluding tert-OH is 1. The average Bonchev–Trinajstić information content (AvgIpc) is 3.32. The number of nitrogens with zero attached hydrogens (tertiary/aromatic N) is 2. The van der Waals surface area contributed by atoms with Crippen LogP contribution in [0.15, 0.2) is 24.3 Å². The molecule has 0 bridgehead atoms. The molecule has 1 aromatic rings. The van der Waals surface area contributed by atoms with Crippen molar-refractivity contribution in [1.82, 2.24) is 4.90 Å². The summed E-state index contributed by atoms with van der Waals surface area (Å²) in [5.74, 6) is 0.753. The third-order valence-electron chi connectivity index (χ3n) is 4.28. The lowest BCUT2D eigenvalue weighted by Gasteiger charge is -2.37. The van der Waals surface area contributed by atoms with Gasteiger partial charge in [0.2, 0.25) is 0 Å². The van der Waals surface area contributed by atoms with Crippen molar-refractivity contribution in [3.8, 4) is 6.07 Å². The third kappa shape index (κ3) is 3.01. The minimum absolute atomic E-state index is 0.469. The Morgan fingerprint density at radius 2 is 2.10 bits per heavy atom. The summed E-state index contributed by atoms with van der Waals surface area (Å²) in [6.45, 7) is 3.10. The van der Waals surface area contributed by atoms with Crippen LogP contribution in [-0.4, -0.2) is 42.4 Å². The second-order valence-corrected chi connectivity index (χ2v) is 5.72. The van der Waals surface area contributed by atoms with Crippen molar-refractivity contribution in [2.24, 2.45) is 5.92 Å². The van der Waals surface area contributed by atoms with Gasteiger partial charge in [-0.25, -0.2) is 0 Å². The van der Waals surface area contributed by atoms with Crippen LogP contribution in [0.5, 0.6) is 0 Å². The van der Waals surface area contributed by atoms with Gasteiger partial charge in [-0.05, 0) is 36.5 Å². The van der Waals surface area contributed by atoms with Crippen molar-refractivity contribution < 1.29 is 9.84 Å². The molecule has 2 atom stereocenters. The molecule has 1 aliphatic carbocycles. The summed E-state index contributed by atoms with van der Waals surface area (Å²) in [6.07, 6.45) is 2.08. The van der Waals surface area contributed by atoms with Crippen LogP contribution in [0, 0.1) is 17.2 Å². The number of hydrogen-bond acceptors (Lipinski definition) is 4. The fourth-order valence-electron chi connectivity index (χ4n) is 2.91. The normalized spacial score (nSPS) is 25.1. The summed E-state index contributed by atoms with van der Waals surface area (Å²) in [6, 6.07) is 9.77. The monoisotopic (exact) mass is 272 g/mol. The highest BCUT2D eigenvalue weighted by atomic mass is 16.5. The number of benzene rings is 1. The summed E-state index contributed by atoms with van der Waals surface area (Å²) < 4.78 is 5.57. The lowest BCUT2D eigenvalue weighted by molar-refractivity contribution is -0.0340. The molecule has 106 valence electrons. The molecule has 0 amide bonds. The number of nitriles is 1. The van der Waals surface area contributed by atoms with Gasteiger partial charge in [0.25, 0.3) is 0 Å². The van der Waals surface area contributed by atoms with Gasteiger partial charge in [-0.3, -0.25) is 4.90 Å². The fraction of sp³-hybridized carbons (Fsp3) is 0.562. The number of β-amino-alcohol motifs (C(OH)–C–C–N with tert-alkyl or cyclic N) is 1. The standard InChI is InChI=1S/C16H20N2O2/c17-9-12-1-3-14(4-2-12)16(19)10-18-7-8-20-11-15(18)13-5-6-13/h1-4,13,15-16,19H,5-8,10-11H2. The second kappa shape index (κ2) is 5.92. The highest BCUT2D eigenvalue weighted by Gasteiger charge is 2.37. The fourth-order valence-corrected chi connectivity index (χ4v) is 2.91. The van der Waals surface area contributed by atoms with Crippen LogP contribution >= 0.6 is 0 Å². The van der Waals surface area contributed by atoms with Crippen molar-refractivity contribution in [2.75, 3.05) is 26.3 Å². The highest BCUT2D eigenvalue weighted by molar-refractivity contribution is 5.32. The van der Waals surface area contributed by atoms with E-state index in [1.165, 1.54) is 12.8 Å². The molecular weight excluding hydrogens is 252 g/mol. The van der Waals surface area contributed by atoms with E-state index in [-0.39, 0.29) is 0 Å². The molecule has 3 rings (SSSR count). The third-order valence-corrected chi connectivity index (χ3v) is 4.28. The van der Waals surface area contributed by atoms with Gasteiger partial charge < -0.3 is 9.84 Å². The van der Waals surface area contributed by atoms with Crippen LogP contribution in [0.25, 0.3) is 0 Å². The maximum atomic E-state index is 10.4. The van der Waals surface area contributed by atoms with Gasteiger partial charge in [0.15, 0.2) is 0 Å². The van der Waals surface area contributed by atoms with E-state index < -0.39 is 6.10 Å². The molecule has 0 spiro atoms. The molecular formula is C16H20N2O2. The number of morpholine rings is 1. The molecule has 2 unspecified atom stereocenters. The van der Waals surface area contributed by atoms with Crippen LogP contribution in [0.3, 0.4) is 0 Å². The molecule has 0 radical (unpaired) electrons. The Hall–Kier alpha value is -1.41. The maximum absolute atomic E-state index is 10.4. The molecule has 20 heavy (non-hydrogen) atoms. The summed E-state index contributed by atoms with van der Waals surface area (Å²) in [5, 5.41) is 19.2. The minimum Gasteiger partial charge on any atom is -0.387 e. The van der Waals surface area contributed by atoms with E-state index in [4.69, 9.17) is 10.00 Å². The van der Waals surface area contributed by atoms with Crippen LogP contribution in [0.4, 0.5) is 0 Å². The van der Waals surface area contributed by atoms with Gasteiger partial charge >= 0.3 is 0 Å². The molecule has 1 saturated carbocycles. The minimum atomic E-state index is -0.498. The lowest BCUT2D eigenvalue weighted by atomic mass is 10.0. The van der Waals surface area contributed by atoms with Crippen LogP contribution < -0.4 is 0 Å². The van der Waals surface area contributed by atoms with E-state index in [1.807, 2.05) is 12.1 Å². The molecule has 1 heterocycles. The largest absolute Gasteiger partial charge is 0.387 e. The van der Waals surface area contributed by atoms with Crippen molar-refractivity contribution in [1.29, 1.82) is 5.26 Å². The molecule has 2 aliphatic rings. The predicted molar refractivity (Wildman–Crippen MR) is 75.0 cm³/mol. The van der Waals surface area contributed by atoms with Gasteiger partial charge in [-0.2, -0.15) is 5.26 Å². The quantitative estimate of drug-likeness (QED) is 0.906. The molecule has 1 aromatic carbocycles. The summed E-state index contributed by atoms with van der Waals surface area (Å²) in [5.41, 5.74) is 1.51. The topological polar surface area (TPSA) is 56.5 Å². The average molecular weight is 272 g/mol. The molecule has 2 fully saturated rings. The Balaban J connectivity index is 1.64. The first kappa shape index (κ1) is 13.6. The Bertz CT molecular complexity index is 490. The summed E-state index contributed by atoms with van der Waals surface area (Å²) in [7, 11) is 0. The van der Waals surface area contributed by atoms with Crippen LogP contribution in [0.1, 0.15) is 30.1 Å². The highest BCUT2D eigenvalue weighted by Crippen LogP contribution is 2.37. The van der Waals surface area contributed by atoms with Crippen molar-refractivity contribution in [2.45, 2.75) is 25.0 Å². The maximum Gasteiger partial charge on any atom is 0.0991 e. The molecule has 0 aromatic heterocycles. The van der Waals surface area contributed by atoms with Crippen molar-refractivity contribution >= 4 is 0 Å². The van der Waals surface area contributed by atoms with Gasteiger partial charge in [-0.15, -0.1) is 0 Å². The predicted octanol–water partition coefficient (Wildman–Crippen LogP) is 1.70. The van der Waals surface area contributed by atoms with Crippen molar-refractivity contribution in [3.05, 3.63) is 35.4 Å². The number of aliphatic hydroxyl groups is 1. The SMILES string of the molecule is N#Cc1ccc(C(O)CN2CCOCC2C2CC2)cc1. The van der Waals surface area contributed by atoms with Crippen molar-refractivity contribution in [3.63, 3.8) is 0 Å². The van der Waals surface area contributed by atoms with E-state index in [0.717, 1.165) is 31.2 Å². The number of ether oxygens (including phenoxy) is 1. The van der Waals surface area contributed by atoms with Crippen LogP contribution in [0.2, 0.25) is 0 Å². The number of hydrogen-bond donors (Lipinski definition) is 1. The van der Waals surface area contributed by atoms with Gasteiger partial charge in [0.05, 0.1) is 31.0 Å². The molecule has 1 saturated heterocycles. The summed E-state index contributed by atoms with van der Waals surface area (Å²) >= 11 is 0. The zero-order valence-electron chi connectivity index (χ0n) is 11.5. The van der Waals surface area contributed by atoms with Gasteiger partial charge in [0, 0.05) is 19.1 Å². The van der Waals surface area contributed by atoms with E-state index in [0.29, 0.717) is 18.2 Å². The second-order valence-electron chi connectivity index (χ2n) is 5.72. The van der Waals surface area contributed by atoms with E-state index in [9.17, 15) is 5.11 Å². The Kier molecular flexibility index (Phi) is 4.02. The molecule has 1 aliphatic heterocycles. The first-order chi connectivity index (χ1) is 9.78. The summed E-state index contributed by atoms with van der Waals surface area (Å²) in [4.78, 5) is 2.37. The smallest absolute Gasteiger partial charge is 0.0991 e. The first-order valence-electron chi connectivity index (χ1n) is 7.28. The Labute approximate surface area is 119 Å². The van der Waals surface area contributed by atoms with Crippen LogP contribution in [-0.2, 0) is 4.74 Å².